The Morgan fingerprint density at radius 2 is 1.89 bits per heavy atom. The molecule has 9 heteroatoms. The van der Waals surface area contributed by atoms with E-state index in [0.717, 1.165) is 34.7 Å². The number of benzene rings is 1. The van der Waals surface area contributed by atoms with Crippen LogP contribution in [0.3, 0.4) is 0 Å². The molecule has 0 bridgehead atoms. The van der Waals surface area contributed by atoms with E-state index in [0.29, 0.717) is 25.2 Å². The van der Waals surface area contributed by atoms with Crippen LogP contribution in [0.15, 0.2) is 36.5 Å². The number of piperidine rings is 2. The van der Waals surface area contributed by atoms with Gasteiger partial charge in [0, 0.05) is 42.0 Å². The molecule has 1 atom stereocenters. The predicted molar refractivity (Wildman–Crippen MR) is 142 cm³/mol. The van der Waals surface area contributed by atoms with Crippen molar-refractivity contribution in [3.05, 3.63) is 42.1 Å². The molecule has 38 heavy (non-hydrogen) atoms. The Hall–Kier alpha value is -3.90. The molecular formula is C29H32N4O5. The molecule has 5 rings (SSSR count). The van der Waals surface area contributed by atoms with Crippen molar-refractivity contribution in [1.29, 1.82) is 0 Å². The van der Waals surface area contributed by atoms with Gasteiger partial charge in [0.15, 0.2) is 0 Å². The average Bonchev–Trinajstić information content (AvgIpc) is 3.21. The molecule has 2 aromatic heterocycles. The maximum Gasteiger partial charge on any atom is 0.410 e. The molecule has 2 aliphatic heterocycles. The number of fused-ring (bicyclic) bond motifs is 3. The molecule has 9 nitrogen and oxygen atoms in total. The number of aromatic nitrogens is 2. The van der Waals surface area contributed by atoms with E-state index < -0.39 is 11.6 Å². The van der Waals surface area contributed by atoms with Crippen LogP contribution in [0.1, 0.15) is 58.1 Å². The second kappa shape index (κ2) is 10.5. The van der Waals surface area contributed by atoms with Crippen LogP contribution in [0.4, 0.5) is 4.79 Å². The number of imide groups is 1. The molecule has 1 N–H and O–H groups in total. The fourth-order valence-corrected chi connectivity index (χ4v) is 5.08. The minimum Gasteiger partial charge on any atom is -0.444 e. The monoisotopic (exact) mass is 516 g/mol. The van der Waals surface area contributed by atoms with E-state index >= 15 is 0 Å². The maximum atomic E-state index is 12.7. The standard InChI is InChI=1S/C29H32N4O5/c1-29(2,3)38-28(36)32-16-13-20(14-17-32)37-18-6-7-19-12-15-30-26-25(19)21-8-4-5-9-22(21)33(26)23-10-11-24(34)31-27(23)35/h4-5,8-9,12,15,20,23H,10-11,13-14,16-18H2,1-3H3,(H,31,34,35). The molecule has 0 saturated carbocycles. The van der Waals surface area contributed by atoms with E-state index in [-0.39, 0.29) is 37.0 Å². The molecule has 4 heterocycles. The van der Waals surface area contributed by atoms with E-state index in [2.05, 4.69) is 22.1 Å². The van der Waals surface area contributed by atoms with Crippen molar-refractivity contribution in [1.82, 2.24) is 19.8 Å². The Morgan fingerprint density at radius 3 is 2.63 bits per heavy atom. The van der Waals surface area contributed by atoms with Crippen molar-refractivity contribution in [2.75, 3.05) is 19.7 Å². The molecule has 0 radical (unpaired) electrons. The summed E-state index contributed by atoms with van der Waals surface area (Å²) in [5.74, 6) is 5.82. The third-order valence-electron chi connectivity index (χ3n) is 6.82. The highest BCUT2D eigenvalue weighted by atomic mass is 16.6. The Morgan fingerprint density at radius 1 is 1.13 bits per heavy atom. The average molecular weight is 517 g/mol. The van der Waals surface area contributed by atoms with Crippen molar-refractivity contribution in [2.24, 2.45) is 0 Å². The summed E-state index contributed by atoms with van der Waals surface area (Å²) in [6.45, 7) is 7.05. The molecular weight excluding hydrogens is 484 g/mol. The zero-order valence-corrected chi connectivity index (χ0v) is 22.0. The van der Waals surface area contributed by atoms with Gasteiger partial charge in [0.1, 0.15) is 23.9 Å². The second-order valence-corrected chi connectivity index (χ2v) is 10.7. The lowest BCUT2D eigenvalue weighted by Crippen LogP contribution is -2.43. The number of ether oxygens (including phenoxy) is 2. The lowest BCUT2D eigenvalue weighted by molar-refractivity contribution is -0.135. The van der Waals surface area contributed by atoms with Crippen LogP contribution in [-0.4, -0.2) is 63.8 Å². The Balaban J connectivity index is 1.30. The van der Waals surface area contributed by atoms with Gasteiger partial charge in [-0.25, -0.2) is 9.78 Å². The summed E-state index contributed by atoms with van der Waals surface area (Å²) in [6, 6.07) is 9.20. The lowest BCUT2D eigenvalue weighted by Gasteiger charge is -2.33. The minimum atomic E-state index is -0.513. The van der Waals surface area contributed by atoms with Gasteiger partial charge >= 0.3 is 6.09 Å². The predicted octanol–water partition coefficient (Wildman–Crippen LogP) is 3.93. The van der Waals surface area contributed by atoms with E-state index in [1.807, 2.05) is 55.7 Å². The van der Waals surface area contributed by atoms with E-state index in [1.54, 1.807) is 11.1 Å². The minimum absolute atomic E-state index is 0.0369. The number of para-hydroxylation sites is 1. The Bertz CT molecular complexity index is 1450. The van der Waals surface area contributed by atoms with Gasteiger partial charge in [0.25, 0.3) is 0 Å². The van der Waals surface area contributed by atoms with Gasteiger partial charge in [-0.1, -0.05) is 30.0 Å². The van der Waals surface area contributed by atoms with Gasteiger partial charge in [-0.3, -0.25) is 14.9 Å². The Kier molecular flexibility index (Phi) is 7.09. The summed E-state index contributed by atoms with van der Waals surface area (Å²) in [5, 5.41) is 4.29. The highest BCUT2D eigenvalue weighted by molar-refractivity contribution is 6.11. The summed E-state index contributed by atoms with van der Waals surface area (Å²) in [4.78, 5) is 43.0. The number of pyridine rings is 1. The van der Waals surface area contributed by atoms with Gasteiger partial charge in [-0.15, -0.1) is 0 Å². The first kappa shape index (κ1) is 25.7. The number of rotatable bonds is 3. The van der Waals surface area contributed by atoms with E-state index in [4.69, 9.17) is 9.47 Å². The number of hydrogen-bond donors (Lipinski definition) is 1. The van der Waals surface area contributed by atoms with Crippen LogP contribution in [0, 0.1) is 11.8 Å². The smallest absolute Gasteiger partial charge is 0.410 e. The molecule has 198 valence electrons. The van der Waals surface area contributed by atoms with Crippen LogP contribution < -0.4 is 5.32 Å². The summed E-state index contributed by atoms with van der Waals surface area (Å²) in [5.41, 5.74) is 1.85. The van der Waals surface area contributed by atoms with E-state index in [9.17, 15) is 14.4 Å². The first-order valence-corrected chi connectivity index (χ1v) is 13.0. The molecule has 1 unspecified atom stereocenters. The highest BCUT2D eigenvalue weighted by Gasteiger charge is 2.31. The number of hydrogen-bond acceptors (Lipinski definition) is 6. The lowest BCUT2D eigenvalue weighted by atomic mass is 10.1. The van der Waals surface area contributed by atoms with Crippen LogP contribution in [0.2, 0.25) is 0 Å². The normalized spacial score (nSPS) is 18.8. The van der Waals surface area contributed by atoms with Gasteiger partial charge in [0.2, 0.25) is 11.8 Å². The van der Waals surface area contributed by atoms with Crippen molar-refractivity contribution in [3.63, 3.8) is 0 Å². The molecule has 0 spiro atoms. The number of nitrogens with one attached hydrogen (secondary N) is 1. The quantitative estimate of drug-likeness (QED) is 0.418. The molecule has 2 saturated heterocycles. The highest BCUT2D eigenvalue weighted by Crippen LogP contribution is 2.34. The van der Waals surface area contributed by atoms with Gasteiger partial charge in [0.05, 0.1) is 11.6 Å². The summed E-state index contributed by atoms with van der Waals surface area (Å²) < 4.78 is 13.4. The topological polar surface area (TPSA) is 103 Å². The van der Waals surface area contributed by atoms with Crippen molar-refractivity contribution < 1.29 is 23.9 Å². The molecule has 3 aromatic rings. The van der Waals surface area contributed by atoms with Crippen molar-refractivity contribution in [3.8, 4) is 11.8 Å². The third-order valence-corrected chi connectivity index (χ3v) is 6.82. The number of amides is 3. The second-order valence-electron chi connectivity index (χ2n) is 10.7. The molecule has 2 fully saturated rings. The number of likely N-dealkylation sites (tertiary alicyclic amines) is 1. The largest absolute Gasteiger partial charge is 0.444 e. The molecule has 3 amide bonds. The molecule has 2 aliphatic rings. The van der Waals surface area contributed by atoms with Gasteiger partial charge < -0.3 is 18.9 Å². The van der Waals surface area contributed by atoms with Gasteiger partial charge in [-0.05, 0) is 52.2 Å². The van der Waals surface area contributed by atoms with Crippen LogP contribution in [0.5, 0.6) is 0 Å². The van der Waals surface area contributed by atoms with Crippen LogP contribution in [-0.2, 0) is 19.1 Å². The summed E-state index contributed by atoms with van der Waals surface area (Å²) >= 11 is 0. The first-order valence-electron chi connectivity index (χ1n) is 13.0. The number of nitrogens with zero attached hydrogens (tertiary/aromatic N) is 3. The maximum absolute atomic E-state index is 12.7. The first-order chi connectivity index (χ1) is 18.2. The van der Waals surface area contributed by atoms with E-state index in [1.165, 1.54) is 0 Å². The van der Waals surface area contributed by atoms with Crippen LogP contribution >= 0.6 is 0 Å². The van der Waals surface area contributed by atoms with Crippen molar-refractivity contribution in [2.45, 2.75) is 64.2 Å². The Labute approximate surface area is 221 Å². The zero-order chi connectivity index (χ0) is 26.9. The SMILES string of the molecule is CC(C)(C)OC(=O)N1CCC(OCC#Cc2ccnc3c2c2ccccc2n3C2CCC(=O)NC2=O)CC1. The fraction of sp³-hybridized carbons (Fsp3) is 0.448. The third kappa shape index (κ3) is 5.36. The summed E-state index contributed by atoms with van der Waals surface area (Å²) in [6.07, 6.45) is 3.64. The van der Waals surface area contributed by atoms with Crippen LogP contribution in [0.25, 0.3) is 21.9 Å². The van der Waals surface area contributed by atoms with Crippen molar-refractivity contribution >= 4 is 39.8 Å². The van der Waals surface area contributed by atoms with Gasteiger partial charge in [-0.2, -0.15) is 0 Å². The number of carbonyl (C=O) groups is 3. The fourth-order valence-electron chi connectivity index (χ4n) is 5.08. The number of carbonyl (C=O) groups excluding carboxylic acids is 3. The zero-order valence-electron chi connectivity index (χ0n) is 22.0. The molecule has 1 aromatic carbocycles. The summed E-state index contributed by atoms with van der Waals surface area (Å²) in [7, 11) is 0. The molecule has 0 aliphatic carbocycles.